The highest BCUT2D eigenvalue weighted by Crippen LogP contribution is 2.25. The van der Waals surface area contributed by atoms with Gasteiger partial charge in [-0.05, 0) is 11.6 Å². The van der Waals surface area contributed by atoms with Gasteiger partial charge in [0.15, 0.2) is 19.0 Å². The molecule has 0 aliphatic heterocycles. The lowest BCUT2D eigenvalue weighted by Gasteiger charge is -2.16. The van der Waals surface area contributed by atoms with Crippen LogP contribution in [0.3, 0.4) is 0 Å². The average molecular weight is 416 g/mol. The monoisotopic (exact) mass is 416 g/mol. The Morgan fingerprint density at radius 2 is 1.70 bits per heavy atom. The van der Waals surface area contributed by atoms with Gasteiger partial charge in [-0.25, -0.2) is 9.59 Å². The Balaban J connectivity index is 1.84. The minimum atomic E-state index is -0.952. The molecule has 2 aromatic carbocycles. The fourth-order valence-electron chi connectivity index (χ4n) is 2.48. The Hall–Kier alpha value is -3.95. The van der Waals surface area contributed by atoms with Crippen molar-refractivity contribution in [2.45, 2.75) is 12.5 Å². The normalized spacial score (nSPS) is 11.1. The first-order valence-corrected chi connectivity index (χ1v) is 8.83. The van der Waals surface area contributed by atoms with Gasteiger partial charge in [-0.2, -0.15) is 0 Å². The van der Waals surface area contributed by atoms with Gasteiger partial charge in [0.1, 0.15) is 6.04 Å². The van der Waals surface area contributed by atoms with Crippen LogP contribution in [0.25, 0.3) is 0 Å². The Morgan fingerprint density at radius 3 is 2.37 bits per heavy atom. The van der Waals surface area contributed by atoms with Crippen LogP contribution in [-0.4, -0.2) is 49.1 Å². The first kappa shape index (κ1) is 22.3. The maximum atomic E-state index is 12.1. The summed E-state index contributed by atoms with van der Waals surface area (Å²) in [5.74, 6) is -2.35. The predicted octanol–water partition coefficient (Wildman–Crippen LogP) is 1.42. The minimum absolute atomic E-state index is 0.0995. The number of nitro groups is 1. The van der Waals surface area contributed by atoms with Crippen LogP contribution in [0.2, 0.25) is 0 Å². The van der Waals surface area contributed by atoms with E-state index in [4.69, 9.17) is 14.2 Å². The number of carbonyl (C=O) groups is 3. The quantitative estimate of drug-likeness (QED) is 0.349. The summed E-state index contributed by atoms with van der Waals surface area (Å²) in [5.41, 5.74) is 0.507. The highest BCUT2D eigenvalue weighted by Gasteiger charge is 2.23. The maximum absolute atomic E-state index is 12.1. The number of methoxy groups -OCH3 is 1. The smallest absolute Gasteiger partial charge is 0.344 e. The van der Waals surface area contributed by atoms with Crippen molar-refractivity contribution >= 4 is 23.5 Å². The number of nitro benzene ring substituents is 1. The Morgan fingerprint density at radius 1 is 1.03 bits per heavy atom. The lowest BCUT2D eigenvalue weighted by atomic mass is 10.1. The van der Waals surface area contributed by atoms with E-state index >= 15 is 0 Å². The van der Waals surface area contributed by atoms with Crippen LogP contribution in [0.1, 0.15) is 5.56 Å². The number of nitrogens with one attached hydrogen (secondary N) is 1. The highest BCUT2D eigenvalue weighted by atomic mass is 16.6. The van der Waals surface area contributed by atoms with Gasteiger partial charge in [-0.15, -0.1) is 0 Å². The molecule has 10 nitrogen and oxygen atoms in total. The third-order valence-corrected chi connectivity index (χ3v) is 3.88. The lowest BCUT2D eigenvalue weighted by molar-refractivity contribution is -0.385. The van der Waals surface area contributed by atoms with Gasteiger partial charge in [0.2, 0.25) is 0 Å². The van der Waals surface area contributed by atoms with Crippen LogP contribution in [0.4, 0.5) is 5.69 Å². The molecule has 2 aromatic rings. The van der Waals surface area contributed by atoms with E-state index in [1.165, 1.54) is 31.4 Å². The molecule has 0 bridgehead atoms. The predicted molar refractivity (Wildman–Crippen MR) is 104 cm³/mol. The van der Waals surface area contributed by atoms with Crippen molar-refractivity contribution in [3.05, 3.63) is 70.3 Å². The molecule has 1 N–H and O–H groups in total. The Bertz CT molecular complexity index is 901. The molecule has 0 aliphatic carbocycles. The van der Waals surface area contributed by atoms with Gasteiger partial charge < -0.3 is 19.5 Å². The zero-order valence-electron chi connectivity index (χ0n) is 16.1. The summed E-state index contributed by atoms with van der Waals surface area (Å²) in [6.07, 6.45) is 0.202. The summed E-state index contributed by atoms with van der Waals surface area (Å²) in [7, 11) is 1.20. The second-order valence-corrected chi connectivity index (χ2v) is 6.01. The average Bonchev–Trinajstić information content (AvgIpc) is 2.76. The molecule has 2 rings (SSSR count). The molecule has 0 radical (unpaired) electrons. The third-order valence-electron chi connectivity index (χ3n) is 3.88. The van der Waals surface area contributed by atoms with E-state index in [-0.39, 0.29) is 17.9 Å². The summed E-state index contributed by atoms with van der Waals surface area (Å²) < 4.78 is 14.6. The summed E-state index contributed by atoms with van der Waals surface area (Å²) >= 11 is 0. The minimum Gasteiger partial charge on any atom is -0.475 e. The van der Waals surface area contributed by atoms with Gasteiger partial charge in [-0.3, -0.25) is 14.9 Å². The first-order chi connectivity index (χ1) is 14.4. The van der Waals surface area contributed by atoms with Crippen molar-refractivity contribution in [1.82, 2.24) is 5.32 Å². The molecule has 0 heterocycles. The zero-order chi connectivity index (χ0) is 21.9. The van der Waals surface area contributed by atoms with Crippen molar-refractivity contribution in [1.29, 1.82) is 0 Å². The molecule has 0 aliphatic rings. The second kappa shape index (κ2) is 11.1. The van der Waals surface area contributed by atoms with Crippen molar-refractivity contribution in [3.8, 4) is 5.75 Å². The van der Waals surface area contributed by atoms with Gasteiger partial charge in [0.05, 0.1) is 12.0 Å². The maximum Gasteiger partial charge on any atom is 0.344 e. The molecule has 1 atom stereocenters. The van der Waals surface area contributed by atoms with Crippen LogP contribution < -0.4 is 10.1 Å². The summed E-state index contributed by atoms with van der Waals surface area (Å²) in [4.78, 5) is 46.0. The van der Waals surface area contributed by atoms with E-state index in [0.29, 0.717) is 0 Å². The molecular weight excluding hydrogens is 396 g/mol. The zero-order valence-corrected chi connectivity index (χ0v) is 16.1. The number of ether oxygens (including phenoxy) is 3. The standard InChI is InChI=1S/C20H20N2O8/c1-28-20(25)15(11-14-7-3-2-4-8-14)21-18(23)12-30-19(24)13-29-17-10-6-5-9-16(17)22(26)27/h2-10,15H,11-13H2,1H3,(H,21,23)/t15-/m1/s1. The van der Waals surface area contributed by atoms with E-state index in [0.717, 1.165) is 5.56 Å². The number of para-hydroxylation sites is 2. The number of hydrogen-bond donors (Lipinski definition) is 1. The molecular formula is C20H20N2O8. The van der Waals surface area contributed by atoms with E-state index in [2.05, 4.69) is 5.32 Å². The van der Waals surface area contributed by atoms with E-state index in [1.54, 1.807) is 24.3 Å². The fraction of sp³-hybridized carbons (Fsp3) is 0.250. The molecule has 0 saturated carbocycles. The third kappa shape index (κ3) is 6.89. The molecule has 0 spiro atoms. The number of rotatable bonds is 10. The summed E-state index contributed by atoms with van der Waals surface area (Å²) in [6.45, 7) is -1.27. The summed E-state index contributed by atoms with van der Waals surface area (Å²) in [6, 6.07) is 13.6. The van der Waals surface area contributed by atoms with Crippen molar-refractivity contribution < 1.29 is 33.5 Å². The van der Waals surface area contributed by atoms with Crippen LogP contribution in [0.5, 0.6) is 5.75 Å². The molecule has 30 heavy (non-hydrogen) atoms. The Labute approximate surface area is 171 Å². The van der Waals surface area contributed by atoms with Crippen molar-refractivity contribution in [2.24, 2.45) is 0 Å². The van der Waals surface area contributed by atoms with Gasteiger partial charge in [0.25, 0.3) is 5.91 Å². The van der Waals surface area contributed by atoms with E-state index in [9.17, 15) is 24.5 Å². The SMILES string of the molecule is COC(=O)[C@@H](Cc1ccccc1)NC(=O)COC(=O)COc1ccccc1[N+](=O)[O-]. The lowest BCUT2D eigenvalue weighted by Crippen LogP contribution is -2.44. The fourth-order valence-corrected chi connectivity index (χ4v) is 2.48. The second-order valence-electron chi connectivity index (χ2n) is 6.01. The molecule has 0 fully saturated rings. The highest BCUT2D eigenvalue weighted by molar-refractivity contribution is 5.86. The first-order valence-electron chi connectivity index (χ1n) is 8.83. The summed E-state index contributed by atoms with van der Waals surface area (Å²) in [5, 5.41) is 13.4. The van der Waals surface area contributed by atoms with Crippen molar-refractivity contribution in [2.75, 3.05) is 20.3 Å². The van der Waals surface area contributed by atoms with E-state index < -0.39 is 42.0 Å². The molecule has 0 unspecified atom stereocenters. The topological polar surface area (TPSA) is 134 Å². The van der Waals surface area contributed by atoms with Gasteiger partial charge >= 0.3 is 17.6 Å². The van der Waals surface area contributed by atoms with Crippen LogP contribution in [-0.2, 0) is 30.3 Å². The number of nitrogens with zero attached hydrogens (tertiary/aromatic N) is 1. The number of esters is 2. The number of carbonyl (C=O) groups excluding carboxylic acids is 3. The van der Waals surface area contributed by atoms with Gasteiger partial charge in [0, 0.05) is 12.5 Å². The molecule has 0 saturated heterocycles. The van der Waals surface area contributed by atoms with Crippen molar-refractivity contribution in [3.63, 3.8) is 0 Å². The number of benzene rings is 2. The Kier molecular flexibility index (Phi) is 8.30. The van der Waals surface area contributed by atoms with E-state index in [1.807, 2.05) is 6.07 Å². The molecule has 158 valence electrons. The van der Waals surface area contributed by atoms with Gasteiger partial charge in [-0.1, -0.05) is 42.5 Å². The number of hydrogen-bond acceptors (Lipinski definition) is 8. The molecule has 10 heteroatoms. The van der Waals surface area contributed by atoms with Crippen LogP contribution in [0, 0.1) is 10.1 Å². The van der Waals surface area contributed by atoms with Crippen LogP contribution in [0.15, 0.2) is 54.6 Å². The van der Waals surface area contributed by atoms with Crippen LogP contribution >= 0.6 is 0 Å². The molecule has 1 amide bonds. The largest absolute Gasteiger partial charge is 0.475 e. The number of amides is 1. The molecule has 0 aromatic heterocycles.